The molecule has 0 fully saturated rings. The van der Waals surface area contributed by atoms with Gasteiger partial charge in [0.25, 0.3) is 0 Å². The predicted molar refractivity (Wildman–Crippen MR) is 69.3 cm³/mol. The van der Waals surface area contributed by atoms with Crippen LogP contribution in [0, 0.1) is 0 Å². The smallest absolute Gasteiger partial charge is 0.366 e. The number of carbonyl (C=O) groups excluding carboxylic acids is 1. The molecule has 20 heavy (non-hydrogen) atoms. The minimum Gasteiger partial charge on any atom is -0.366 e. The number of fused-ring (bicyclic) bond motifs is 1. The number of nitrogens with two attached hydrogens (primary N) is 1. The third kappa shape index (κ3) is 2.33. The first kappa shape index (κ1) is 14.3. The van der Waals surface area contributed by atoms with E-state index in [-0.39, 0.29) is 5.69 Å². The number of pyridine rings is 1. The monoisotopic (exact) mass is 282 g/mol. The molecule has 0 saturated carbocycles. The molecule has 0 spiro atoms. The Hall–Kier alpha value is -2.11. The molecule has 2 aromatic rings. The third-order valence-electron chi connectivity index (χ3n) is 3.32. The standard InChI is InChI=1S/C14H13F3N2O/c1-13(2,14(15,16)17)11-6-4-8-7-9(12(18)20)3-5-10(8)19-11/h3-7H,1-2H3,(H2,18,20). The number of rotatable bonds is 2. The molecule has 2 rings (SSSR count). The molecular formula is C14H13F3N2O. The Morgan fingerprint density at radius 2 is 1.80 bits per heavy atom. The average molecular weight is 282 g/mol. The number of alkyl halides is 3. The SMILES string of the molecule is CC(C)(c1ccc2cc(C(N)=O)ccc2n1)C(F)(F)F. The van der Waals surface area contributed by atoms with Crippen molar-refractivity contribution in [2.45, 2.75) is 25.4 Å². The van der Waals surface area contributed by atoms with Crippen molar-refractivity contribution in [3.05, 3.63) is 41.6 Å². The van der Waals surface area contributed by atoms with E-state index < -0.39 is 17.5 Å². The Morgan fingerprint density at radius 3 is 2.35 bits per heavy atom. The van der Waals surface area contributed by atoms with E-state index in [0.29, 0.717) is 16.5 Å². The minimum absolute atomic E-state index is 0.0654. The molecule has 3 nitrogen and oxygen atoms in total. The summed E-state index contributed by atoms with van der Waals surface area (Å²) >= 11 is 0. The second-order valence-corrected chi connectivity index (χ2v) is 5.09. The molecule has 0 radical (unpaired) electrons. The highest BCUT2D eigenvalue weighted by atomic mass is 19.4. The number of aromatic nitrogens is 1. The van der Waals surface area contributed by atoms with Crippen molar-refractivity contribution in [2.75, 3.05) is 0 Å². The van der Waals surface area contributed by atoms with Gasteiger partial charge in [-0.15, -0.1) is 0 Å². The van der Waals surface area contributed by atoms with Crippen LogP contribution in [0.2, 0.25) is 0 Å². The quantitative estimate of drug-likeness (QED) is 0.919. The van der Waals surface area contributed by atoms with Crippen LogP contribution in [0.1, 0.15) is 29.9 Å². The van der Waals surface area contributed by atoms with Crippen LogP contribution >= 0.6 is 0 Å². The molecule has 1 amide bonds. The lowest BCUT2D eigenvalue weighted by molar-refractivity contribution is -0.181. The number of hydrogen-bond donors (Lipinski definition) is 1. The Morgan fingerprint density at radius 1 is 1.15 bits per heavy atom. The molecule has 6 heteroatoms. The normalized spacial score (nSPS) is 12.7. The maximum absolute atomic E-state index is 13.0. The van der Waals surface area contributed by atoms with Crippen molar-refractivity contribution in [2.24, 2.45) is 5.73 Å². The van der Waals surface area contributed by atoms with Crippen molar-refractivity contribution in [1.29, 1.82) is 0 Å². The zero-order chi connectivity index (χ0) is 15.1. The lowest BCUT2D eigenvalue weighted by Gasteiger charge is -2.27. The van der Waals surface area contributed by atoms with Crippen molar-refractivity contribution < 1.29 is 18.0 Å². The van der Waals surface area contributed by atoms with Gasteiger partial charge in [0.1, 0.15) is 5.41 Å². The van der Waals surface area contributed by atoms with Gasteiger partial charge in [0.2, 0.25) is 5.91 Å². The van der Waals surface area contributed by atoms with E-state index in [2.05, 4.69) is 4.98 Å². The number of amides is 1. The molecule has 1 aromatic carbocycles. The van der Waals surface area contributed by atoms with Crippen LogP contribution in [0.25, 0.3) is 10.9 Å². The van der Waals surface area contributed by atoms with Crippen LogP contribution in [0.5, 0.6) is 0 Å². The first-order valence-electron chi connectivity index (χ1n) is 5.91. The Balaban J connectivity index is 2.56. The van der Waals surface area contributed by atoms with Gasteiger partial charge in [-0.05, 0) is 38.1 Å². The summed E-state index contributed by atoms with van der Waals surface area (Å²) in [5.41, 5.74) is 3.74. The van der Waals surface area contributed by atoms with Crippen LogP contribution in [-0.4, -0.2) is 17.1 Å². The van der Waals surface area contributed by atoms with E-state index in [1.165, 1.54) is 30.3 Å². The summed E-state index contributed by atoms with van der Waals surface area (Å²) in [6.45, 7) is 2.16. The van der Waals surface area contributed by atoms with E-state index in [0.717, 1.165) is 13.8 Å². The van der Waals surface area contributed by atoms with Gasteiger partial charge in [-0.25, -0.2) is 0 Å². The average Bonchev–Trinajstić information content (AvgIpc) is 2.36. The Labute approximate surface area is 113 Å². The second kappa shape index (κ2) is 4.47. The fourth-order valence-corrected chi connectivity index (χ4v) is 1.77. The van der Waals surface area contributed by atoms with Gasteiger partial charge in [0.05, 0.1) is 11.2 Å². The number of primary amides is 1. The summed E-state index contributed by atoms with van der Waals surface area (Å²) in [6.07, 6.45) is -4.39. The lowest BCUT2D eigenvalue weighted by atomic mass is 9.87. The van der Waals surface area contributed by atoms with Gasteiger partial charge < -0.3 is 5.73 Å². The molecule has 0 bridgehead atoms. The summed E-state index contributed by atoms with van der Waals surface area (Å²) < 4.78 is 39.0. The van der Waals surface area contributed by atoms with Gasteiger partial charge in [-0.3, -0.25) is 9.78 Å². The zero-order valence-electron chi connectivity index (χ0n) is 11.0. The van der Waals surface area contributed by atoms with Crippen LogP contribution < -0.4 is 5.73 Å². The summed E-state index contributed by atoms with van der Waals surface area (Å²) in [7, 11) is 0. The van der Waals surface area contributed by atoms with Crippen molar-refractivity contribution in [1.82, 2.24) is 4.98 Å². The minimum atomic E-state index is -4.39. The fraction of sp³-hybridized carbons (Fsp3) is 0.286. The van der Waals surface area contributed by atoms with Crippen molar-refractivity contribution in [3.63, 3.8) is 0 Å². The molecule has 0 aliphatic carbocycles. The highest BCUT2D eigenvalue weighted by Gasteiger charge is 2.49. The fourth-order valence-electron chi connectivity index (χ4n) is 1.77. The van der Waals surface area contributed by atoms with Gasteiger partial charge in [0, 0.05) is 10.9 Å². The Kier molecular flexibility index (Phi) is 3.20. The number of hydrogen-bond acceptors (Lipinski definition) is 2. The summed E-state index contributed by atoms with van der Waals surface area (Å²) in [5, 5.41) is 0.572. The molecule has 0 aliphatic rings. The third-order valence-corrected chi connectivity index (χ3v) is 3.32. The van der Waals surface area contributed by atoms with Gasteiger partial charge >= 0.3 is 6.18 Å². The van der Waals surface area contributed by atoms with Crippen LogP contribution in [0.4, 0.5) is 13.2 Å². The number of carbonyl (C=O) groups is 1. The van der Waals surface area contributed by atoms with Crippen molar-refractivity contribution in [3.8, 4) is 0 Å². The van der Waals surface area contributed by atoms with Gasteiger partial charge in [0.15, 0.2) is 0 Å². The second-order valence-electron chi connectivity index (χ2n) is 5.09. The number of benzene rings is 1. The molecule has 0 saturated heterocycles. The summed E-state index contributed by atoms with van der Waals surface area (Å²) in [6, 6.07) is 7.28. The zero-order valence-corrected chi connectivity index (χ0v) is 11.0. The molecule has 1 heterocycles. The first-order chi connectivity index (χ1) is 9.13. The Bertz CT molecular complexity index is 678. The molecule has 0 atom stereocenters. The summed E-state index contributed by atoms with van der Waals surface area (Å²) in [4.78, 5) is 15.1. The molecule has 0 aliphatic heterocycles. The molecular weight excluding hydrogens is 269 g/mol. The van der Waals surface area contributed by atoms with Crippen LogP contribution in [-0.2, 0) is 5.41 Å². The van der Waals surface area contributed by atoms with E-state index in [9.17, 15) is 18.0 Å². The summed E-state index contributed by atoms with van der Waals surface area (Å²) in [5.74, 6) is -0.591. The van der Waals surface area contributed by atoms with Crippen molar-refractivity contribution >= 4 is 16.8 Å². The lowest BCUT2D eigenvalue weighted by Crippen LogP contribution is -2.37. The maximum Gasteiger partial charge on any atom is 0.399 e. The van der Waals surface area contributed by atoms with Crippen LogP contribution in [0.3, 0.4) is 0 Å². The predicted octanol–water partition coefficient (Wildman–Crippen LogP) is 3.17. The molecule has 0 unspecified atom stereocenters. The highest BCUT2D eigenvalue weighted by molar-refractivity contribution is 5.96. The largest absolute Gasteiger partial charge is 0.399 e. The maximum atomic E-state index is 13.0. The first-order valence-corrected chi connectivity index (χ1v) is 5.91. The number of halogens is 3. The molecule has 2 N–H and O–H groups in total. The topological polar surface area (TPSA) is 56.0 Å². The van der Waals surface area contributed by atoms with E-state index in [4.69, 9.17) is 5.73 Å². The highest BCUT2D eigenvalue weighted by Crippen LogP contribution is 2.39. The van der Waals surface area contributed by atoms with E-state index >= 15 is 0 Å². The van der Waals surface area contributed by atoms with Crippen LogP contribution in [0.15, 0.2) is 30.3 Å². The van der Waals surface area contributed by atoms with Gasteiger partial charge in [-0.2, -0.15) is 13.2 Å². The van der Waals surface area contributed by atoms with E-state index in [1.807, 2.05) is 0 Å². The molecule has 1 aromatic heterocycles. The van der Waals surface area contributed by atoms with Gasteiger partial charge in [-0.1, -0.05) is 6.07 Å². The van der Waals surface area contributed by atoms with E-state index in [1.54, 1.807) is 0 Å². The number of nitrogens with zero attached hydrogens (tertiary/aromatic N) is 1. The molecule has 106 valence electrons.